The third-order valence-electron chi connectivity index (χ3n) is 5.12. The highest BCUT2D eigenvalue weighted by Crippen LogP contribution is 2.30. The fraction of sp³-hybridized carbons (Fsp3) is 0.318. The molecule has 4 heteroatoms. The molecule has 0 unspecified atom stereocenters. The van der Waals surface area contributed by atoms with Gasteiger partial charge >= 0.3 is 0 Å². The van der Waals surface area contributed by atoms with Crippen molar-refractivity contribution in [2.75, 3.05) is 18.4 Å². The highest BCUT2D eigenvalue weighted by atomic mass is 16.1. The molecule has 0 bridgehead atoms. The van der Waals surface area contributed by atoms with Gasteiger partial charge in [-0.3, -0.25) is 4.79 Å². The molecule has 4 nitrogen and oxygen atoms in total. The summed E-state index contributed by atoms with van der Waals surface area (Å²) < 4.78 is 0. The number of H-pyrrole nitrogens is 1. The minimum atomic E-state index is 0.00825. The van der Waals surface area contributed by atoms with E-state index in [9.17, 15) is 4.79 Å². The smallest absolute Gasteiger partial charge is 0.253 e. The molecule has 4 rings (SSSR count). The first-order valence-electron chi connectivity index (χ1n) is 9.52. The molecule has 1 aliphatic rings. The van der Waals surface area contributed by atoms with Crippen molar-refractivity contribution < 1.29 is 4.79 Å². The van der Waals surface area contributed by atoms with Crippen LogP contribution in [0.1, 0.15) is 40.9 Å². The van der Waals surface area contributed by atoms with E-state index in [2.05, 4.69) is 21.7 Å². The molecular formula is C22H25N3O. The predicted octanol–water partition coefficient (Wildman–Crippen LogP) is 4.28. The molecule has 3 aromatic rings. The maximum absolute atomic E-state index is 12.7. The number of anilines is 1. The van der Waals surface area contributed by atoms with Crippen LogP contribution in [0, 0.1) is 0 Å². The number of aromatic amines is 1. The SMILES string of the molecule is O=C(NCCCNc1ccccc1)c1cccc2c3c([nH]c12)CCCC3. The van der Waals surface area contributed by atoms with E-state index in [1.807, 2.05) is 42.5 Å². The Morgan fingerprint density at radius 3 is 2.69 bits per heavy atom. The molecule has 2 aromatic carbocycles. The first kappa shape index (κ1) is 16.7. The number of benzene rings is 2. The summed E-state index contributed by atoms with van der Waals surface area (Å²) in [7, 11) is 0. The summed E-state index contributed by atoms with van der Waals surface area (Å²) in [6.45, 7) is 1.50. The zero-order chi connectivity index (χ0) is 17.8. The fourth-order valence-electron chi connectivity index (χ4n) is 3.79. The molecule has 1 amide bonds. The maximum Gasteiger partial charge on any atom is 0.253 e. The number of rotatable bonds is 6. The molecule has 1 aliphatic carbocycles. The Bertz CT molecular complexity index is 898. The number of hydrogen-bond donors (Lipinski definition) is 3. The minimum absolute atomic E-state index is 0.00825. The average Bonchev–Trinajstić information content (AvgIpc) is 3.07. The third kappa shape index (κ3) is 3.45. The van der Waals surface area contributed by atoms with Crippen LogP contribution >= 0.6 is 0 Å². The molecule has 0 fully saturated rings. The van der Waals surface area contributed by atoms with Gasteiger partial charge in [0, 0.05) is 29.9 Å². The summed E-state index contributed by atoms with van der Waals surface area (Å²) in [5, 5.41) is 7.64. The van der Waals surface area contributed by atoms with Gasteiger partial charge < -0.3 is 15.6 Å². The van der Waals surface area contributed by atoms with E-state index in [4.69, 9.17) is 0 Å². The van der Waals surface area contributed by atoms with Crippen LogP contribution < -0.4 is 10.6 Å². The topological polar surface area (TPSA) is 56.9 Å². The monoisotopic (exact) mass is 347 g/mol. The van der Waals surface area contributed by atoms with Crippen molar-refractivity contribution in [2.24, 2.45) is 0 Å². The maximum atomic E-state index is 12.7. The first-order valence-corrected chi connectivity index (χ1v) is 9.52. The van der Waals surface area contributed by atoms with Crippen LogP contribution in [0.3, 0.4) is 0 Å². The molecule has 0 aliphatic heterocycles. The van der Waals surface area contributed by atoms with E-state index >= 15 is 0 Å². The van der Waals surface area contributed by atoms with Gasteiger partial charge in [-0.05, 0) is 55.9 Å². The van der Waals surface area contributed by atoms with Crippen LogP contribution in [0.4, 0.5) is 5.69 Å². The number of carbonyl (C=O) groups is 1. The highest BCUT2D eigenvalue weighted by molar-refractivity contribution is 6.06. The number of aromatic nitrogens is 1. The minimum Gasteiger partial charge on any atom is -0.385 e. The summed E-state index contributed by atoms with van der Waals surface area (Å²) in [5.74, 6) is 0.00825. The van der Waals surface area contributed by atoms with E-state index in [1.165, 1.54) is 29.5 Å². The van der Waals surface area contributed by atoms with Gasteiger partial charge in [0.25, 0.3) is 5.91 Å². The summed E-state index contributed by atoms with van der Waals surface area (Å²) in [6.07, 6.45) is 5.57. The van der Waals surface area contributed by atoms with Crippen LogP contribution in [-0.2, 0) is 12.8 Å². The largest absolute Gasteiger partial charge is 0.385 e. The van der Waals surface area contributed by atoms with Crippen molar-refractivity contribution in [3.8, 4) is 0 Å². The van der Waals surface area contributed by atoms with Crippen molar-refractivity contribution in [3.63, 3.8) is 0 Å². The predicted molar refractivity (Wildman–Crippen MR) is 107 cm³/mol. The molecule has 134 valence electrons. The number of nitrogens with one attached hydrogen (secondary N) is 3. The number of para-hydroxylation sites is 2. The second-order valence-electron chi connectivity index (χ2n) is 6.92. The Morgan fingerprint density at radius 1 is 0.962 bits per heavy atom. The van der Waals surface area contributed by atoms with Gasteiger partial charge in [0.2, 0.25) is 0 Å². The van der Waals surface area contributed by atoms with Crippen molar-refractivity contribution in [2.45, 2.75) is 32.1 Å². The number of fused-ring (bicyclic) bond motifs is 3. The number of aryl methyl sites for hydroxylation is 2. The standard InChI is InChI=1S/C22H25N3O/c26-22(24-15-7-14-23-16-8-2-1-3-9-16)19-12-6-11-18-17-10-4-5-13-20(17)25-21(18)19/h1-3,6,8-9,11-12,23,25H,4-5,7,10,13-15H2,(H,24,26). The summed E-state index contributed by atoms with van der Waals surface area (Å²) in [5.41, 5.74) is 5.60. The zero-order valence-corrected chi connectivity index (χ0v) is 15.0. The lowest BCUT2D eigenvalue weighted by molar-refractivity contribution is 0.0955. The van der Waals surface area contributed by atoms with Crippen molar-refractivity contribution >= 4 is 22.5 Å². The fourth-order valence-corrected chi connectivity index (χ4v) is 3.79. The van der Waals surface area contributed by atoms with Gasteiger partial charge in [-0.1, -0.05) is 30.3 Å². The van der Waals surface area contributed by atoms with Crippen LogP contribution in [0.2, 0.25) is 0 Å². The van der Waals surface area contributed by atoms with Crippen LogP contribution in [-0.4, -0.2) is 24.0 Å². The van der Waals surface area contributed by atoms with Gasteiger partial charge in [-0.25, -0.2) is 0 Å². The molecule has 26 heavy (non-hydrogen) atoms. The molecule has 0 spiro atoms. The summed E-state index contributed by atoms with van der Waals surface area (Å²) >= 11 is 0. The Balaban J connectivity index is 1.37. The van der Waals surface area contributed by atoms with Crippen LogP contribution in [0.5, 0.6) is 0 Å². The quantitative estimate of drug-likeness (QED) is 0.583. The highest BCUT2D eigenvalue weighted by Gasteiger charge is 2.18. The molecule has 1 aromatic heterocycles. The molecule has 0 atom stereocenters. The van der Waals surface area contributed by atoms with E-state index < -0.39 is 0 Å². The summed E-state index contributed by atoms with van der Waals surface area (Å²) in [4.78, 5) is 16.2. The first-order chi connectivity index (χ1) is 12.8. The zero-order valence-electron chi connectivity index (χ0n) is 15.0. The number of amides is 1. The third-order valence-corrected chi connectivity index (χ3v) is 5.12. The van der Waals surface area contributed by atoms with E-state index in [0.717, 1.165) is 42.6 Å². The lowest BCUT2D eigenvalue weighted by Gasteiger charge is -2.10. The molecule has 0 radical (unpaired) electrons. The lowest BCUT2D eigenvalue weighted by Crippen LogP contribution is -2.26. The van der Waals surface area contributed by atoms with Crippen molar-refractivity contribution in [1.82, 2.24) is 10.3 Å². The molecule has 0 saturated heterocycles. The van der Waals surface area contributed by atoms with E-state index in [1.54, 1.807) is 0 Å². The van der Waals surface area contributed by atoms with E-state index in [-0.39, 0.29) is 5.91 Å². The van der Waals surface area contributed by atoms with Crippen molar-refractivity contribution in [3.05, 3.63) is 65.4 Å². The number of carbonyl (C=O) groups excluding carboxylic acids is 1. The second kappa shape index (κ2) is 7.65. The van der Waals surface area contributed by atoms with Crippen LogP contribution in [0.15, 0.2) is 48.5 Å². The summed E-state index contributed by atoms with van der Waals surface area (Å²) in [6, 6.07) is 16.2. The van der Waals surface area contributed by atoms with Crippen LogP contribution in [0.25, 0.3) is 10.9 Å². The van der Waals surface area contributed by atoms with Crippen molar-refractivity contribution in [1.29, 1.82) is 0 Å². The molecule has 0 saturated carbocycles. The van der Waals surface area contributed by atoms with E-state index in [0.29, 0.717) is 6.54 Å². The van der Waals surface area contributed by atoms with Gasteiger partial charge in [0.15, 0.2) is 0 Å². The Morgan fingerprint density at radius 2 is 1.81 bits per heavy atom. The Hall–Kier alpha value is -2.75. The Kier molecular flexibility index (Phi) is 4.91. The van der Waals surface area contributed by atoms with Gasteiger partial charge in [-0.15, -0.1) is 0 Å². The second-order valence-corrected chi connectivity index (χ2v) is 6.92. The molecule has 3 N–H and O–H groups in total. The lowest BCUT2D eigenvalue weighted by atomic mass is 9.95. The Labute approximate surface area is 154 Å². The normalized spacial score (nSPS) is 13.4. The van der Waals surface area contributed by atoms with Gasteiger partial charge in [0.1, 0.15) is 0 Å². The molecule has 1 heterocycles. The van der Waals surface area contributed by atoms with Gasteiger partial charge in [-0.2, -0.15) is 0 Å². The molecular weight excluding hydrogens is 322 g/mol. The average molecular weight is 347 g/mol. The van der Waals surface area contributed by atoms with Gasteiger partial charge in [0.05, 0.1) is 11.1 Å². The number of hydrogen-bond acceptors (Lipinski definition) is 2.